The van der Waals surface area contributed by atoms with Crippen LogP contribution in [-0.2, 0) is 6.18 Å². The van der Waals surface area contributed by atoms with E-state index >= 15 is 0 Å². The first-order valence-electron chi connectivity index (χ1n) is 11.4. The number of hydrogen-bond acceptors (Lipinski definition) is 6. The van der Waals surface area contributed by atoms with Crippen LogP contribution >= 0.6 is 0 Å². The molecule has 2 aliphatic rings. The molecule has 0 unspecified atom stereocenters. The Kier molecular flexibility index (Phi) is 6.01. The van der Waals surface area contributed by atoms with E-state index in [1.54, 1.807) is 12.3 Å². The average molecular weight is 458 g/mol. The molecule has 1 saturated heterocycles. The van der Waals surface area contributed by atoms with Crippen LogP contribution in [0.3, 0.4) is 0 Å². The van der Waals surface area contributed by atoms with Crippen molar-refractivity contribution in [3.05, 3.63) is 65.7 Å². The highest BCUT2D eigenvalue weighted by Crippen LogP contribution is 2.35. The summed E-state index contributed by atoms with van der Waals surface area (Å²) in [6.07, 6.45) is 1.90. The summed E-state index contributed by atoms with van der Waals surface area (Å²) in [6.45, 7) is 2.54. The van der Waals surface area contributed by atoms with Crippen LogP contribution in [0.25, 0.3) is 0 Å². The van der Waals surface area contributed by atoms with Crippen LogP contribution in [0.4, 0.5) is 18.9 Å². The van der Waals surface area contributed by atoms with Gasteiger partial charge in [0.05, 0.1) is 17.3 Å². The molecule has 174 valence electrons. The van der Waals surface area contributed by atoms with Crippen molar-refractivity contribution in [2.75, 3.05) is 31.1 Å². The molecule has 5 rings (SSSR count). The number of hydrogen-bond donors (Lipinski definition) is 0. The molecule has 2 fully saturated rings. The molecular formula is C23H26F3N7. The van der Waals surface area contributed by atoms with Crippen molar-refractivity contribution in [3.63, 3.8) is 0 Å². The van der Waals surface area contributed by atoms with Gasteiger partial charge in [0.2, 0.25) is 0 Å². The summed E-state index contributed by atoms with van der Waals surface area (Å²) in [7, 11) is 0. The van der Waals surface area contributed by atoms with Gasteiger partial charge < -0.3 is 4.90 Å². The topological polar surface area (TPSA) is 63.0 Å². The van der Waals surface area contributed by atoms with Gasteiger partial charge in [0.15, 0.2) is 5.82 Å². The fourth-order valence-electron chi connectivity index (χ4n) is 4.93. The maximum Gasteiger partial charge on any atom is 0.416 e. The predicted octanol–water partition coefficient (Wildman–Crippen LogP) is 4.11. The molecule has 2 aromatic heterocycles. The molecule has 1 aliphatic heterocycles. The van der Waals surface area contributed by atoms with Crippen LogP contribution in [0.2, 0.25) is 0 Å². The zero-order valence-electron chi connectivity index (χ0n) is 18.2. The predicted molar refractivity (Wildman–Crippen MR) is 117 cm³/mol. The second kappa shape index (κ2) is 9.09. The standard InChI is InChI=1S/C23H26F3N7/c24-23(25,26)17-6-5-9-19(16-17)31-12-14-32(15-13-31)21(20-10-3-4-11-27-20)22-28-29-30-33(22)18-7-1-2-8-18/h3-6,9-11,16,18,21H,1-2,7-8,12-15H2/t21-/m1/s1. The Balaban J connectivity index is 1.38. The number of rotatable bonds is 5. The fraction of sp³-hybridized carbons (Fsp3) is 0.478. The fourth-order valence-corrected chi connectivity index (χ4v) is 4.93. The number of benzene rings is 1. The van der Waals surface area contributed by atoms with E-state index in [2.05, 4.69) is 25.4 Å². The van der Waals surface area contributed by atoms with Crippen LogP contribution in [-0.4, -0.2) is 56.3 Å². The van der Waals surface area contributed by atoms with E-state index in [-0.39, 0.29) is 6.04 Å². The van der Waals surface area contributed by atoms with Crippen molar-refractivity contribution in [3.8, 4) is 0 Å². The van der Waals surface area contributed by atoms with Crippen LogP contribution < -0.4 is 4.90 Å². The highest BCUT2D eigenvalue weighted by Gasteiger charge is 2.35. The highest BCUT2D eigenvalue weighted by molar-refractivity contribution is 5.49. The van der Waals surface area contributed by atoms with Crippen molar-refractivity contribution in [2.45, 2.75) is 43.9 Å². The molecule has 0 spiro atoms. The second-order valence-corrected chi connectivity index (χ2v) is 8.65. The van der Waals surface area contributed by atoms with Crippen molar-refractivity contribution in [1.29, 1.82) is 0 Å². The molecular weight excluding hydrogens is 431 g/mol. The third kappa shape index (κ3) is 4.57. The molecule has 1 atom stereocenters. The van der Waals surface area contributed by atoms with Crippen LogP contribution in [0, 0.1) is 0 Å². The van der Waals surface area contributed by atoms with Gasteiger partial charge >= 0.3 is 6.18 Å². The van der Waals surface area contributed by atoms with Gasteiger partial charge in [0.1, 0.15) is 6.04 Å². The molecule has 0 amide bonds. The molecule has 0 bridgehead atoms. The van der Waals surface area contributed by atoms with Gasteiger partial charge in [0, 0.05) is 38.1 Å². The molecule has 0 N–H and O–H groups in total. The quantitative estimate of drug-likeness (QED) is 0.575. The van der Waals surface area contributed by atoms with E-state index in [0.717, 1.165) is 30.4 Å². The van der Waals surface area contributed by atoms with Gasteiger partial charge in [0.25, 0.3) is 0 Å². The molecule has 1 saturated carbocycles. The summed E-state index contributed by atoms with van der Waals surface area (Å²) < 4.78 is 41.4. The molecule has 7 nitrogen and oxygen atoms in total. The van der Waals surface area contributed by atoms with Crippen LogP contribution in [0.15, 0.2) is 48.7 Å². The van der Waals surface area contributed by atoms with Gasteiger partial charge in [-0.1, -0.05) is 25.0 Å². The lowest BCUT2D eigenvalue weighted by Crippen LogP contribution is -2.48. The normalized spacial score (nSPS) is 19.2. The molecule has 0 radical (unpaired) electrons. The van der Waals surface area contributed by atoms with Crippen molar-refractivity contribution < 1.29 is 13.2 Å². The van der Waals surface area contributed by atoms with Crippen molar-refractivity contribution in [2.24, 2.45) is 0 Å². The zero-order chi connectivity index (χ0) is 22.8. The molecule has 1 aromatic carbocycles. The molecule has 3 aromatic rings. The monoisotopic (exact) mass is 457 g/mol. The third-order valence-electron chi connectivity index (χ3n) is 6.62. The van der Waals surface area contributed by atoms with E-state index < -0.39 is 11.7 Å². The van der Waals surface area contributed by atoms with E-state index in [0.29, 0.717) is 37.9 Å². The maximum atomic E-state index is 13.2. The molecule has 10 heteroatoms. The van der Waals surface area contributed by atoms with E-state index in [4.69, 9.17) is 0 Å². The number of halogens is 3. The Labute approximate surface area is 190 Å². The number of anilines is 1. The van der Waals surface area contributed by atoms with Crippen LogP contribution in [0.1, 0.15) is 54.8 Å². The lowest BCUT2D eigenvalue weighted by molar-refractivity contribution is -0.137. The van der Waals surface area contributed by atoms with E-state index in [1.807, 2.05) is 27.8 Å². The summed E-state index contributed by atoms with van der Waals surface area (Å²) in [4.78, 5) is 8.89. The molecule has 1 aliphatic carbocycles. The lowest BCUT2D eigenvalue weighted by atomic mass is 10.1. The van der Waals surface area contributed by atoms with Gasteiger partial charge in [-0.05, 0) is 53.6 Å². The minimum atomic E-state index is -4.35. The third-order valence-corrected chi connectivity index (χ3v) is 6.62. The van der Waals surface area contributed by atoms with E-state index in [1.165, 1.54) is 25.0 Å². The number of tetrazole rings is 1. The first-order valence-corrected chi connectivity index (χ1v) is 11.4. The largest absolute Gasteiger partial charge is 0.416 e. The Bertz CT molecular complexity index is 1060. The number of aromatic nitrogens is 5. The smallest absolute Gasteiger partial charge is 0.369 e. The van der Waals surface area contributed by atoms with Gasteiger partial charge in [-0.2, -0.15) is 13.2 Å². The first-order chi connectivity index (χ1) is 16.0. The first kappa shape index (κ1) is 21.8. The maximum absolute atomic E-state index is 13.2. The highest BCUT2D eigenvalue weighted by atomic mass is 19.4. The summed E-state index contributed by atoms with van der Waals surface area (Å²) in [6, 6.07) is 11.5. The zero-order valence-corrected chi connectivity index (χ0v) is 18.2. The summed E-state index contributed by atoms with van der Waals surface area (Å²) in [5, 5.41) is 12.7. The van der Waals surface area contributed by atoms with Crippen molar-refractivity contribution in [1.82, 2.24) is 30.1 Å². The van der Waals surface area contributed by atoms with Gasteiger partial charge in [-0.3, -0.25) is 9.88 Å². The number of pyridine rings is 1. The SMILES string of the molecule is FC(F)(F)c1cccc(N2CCN([C@H](c3ccccn3)c3nnnn3C3CCCC3)CC2)c1. The van der Waals surface area contributed by atoms with Gasteiger partial charge in [-0.25, -0.2) is 4.68 Å². The summed E-state index contributed by atoms with van der Waals surface area (Å²) >= 11 is 0. The van der Waals surface area contributed by atoms with Crippen LogP contribution in [0.5, 0.6) is 0 Å². The Morgan fingerprint density at radius 1 is 0.939 bits per heavy atom. The van der Waals surface area contributed by atoms with E-state index in [9.17, 15) is 13.2 Å². The van der Waals surface area contributed by atoms with Gasteiger partial charge in [-0.15, -0.1) is 5.10 Å². The average Bonchev–Trinajstić information content (AvgIpc) is 3.52. The Hall–Kier alpha value is -3.01. The number of piperazine rings is 1. The lowest BCUT2D eigenvalue weighted by Gasteiger charge is -2.39. The Morgan fingerprint density at radius 3 is 2.42 bits per heavy atom. The number of nitrogens with zero attached hydrogens (tertiary/aromatic N) is 7. The van der Waals surface area contributed by atoms with Crippen molar-refractivity contribution >= 4 is 5.69 Å². The minimum Gasteiger partial charge on any atom is -0.369 e. The minimum absolute atomic E-state index is 0.203. The second-order valence-electron chi connectivity index (χ2n) is 8.65. The summed E-state index contributed by atoms with van der Waals surface area (Å²) in [5.74, 6) is 0.785. The number of alkyl halides is 3. The molecule has 3 heterocycles. The molecule has 33 heavy (non-hydrogen) atoms. The summed E-state index contributed by atoms with van der Waals surface area (Å²) in [5.41, 5.74) is 0.846. The Morgan fingerprint density at radius 2 is 1.73 bits per heavy atom.